The average molecular weight is 331 g/mol. The standard InChI is InChI=1S/C14H23BrN2O2/c1-11(18)10-17(2)14-5-4-12(8-13(14)15)9-16-6-7-19-3/h4-5,8,11,16,18H,6-7,9-10H2,1-3H3. The number of nitrogens with zero attached hydrogens (tertiary/aromatic N) is 1. The van der Waals surface area contributed by atoms with Gasteiger partial charge >= 0.3 is 0 Å². The third-order valence-corrected chi connectivity index (χ3v) is 3.41. The monoisotopic (exact) mass is 330 g/mol. The highest BCUT2D eigenvalue weighted by Crippen LogP contribution is 2.26. The predicted octanol–water partition coefficient (Wildman–Crippen LogP) is 2.00. The Hall–Kier alpha value is -0.620. The lowest BCUT2D eigenvalue weighted by molar-refractivity contribution is 0.199. The number of ether oxygens (including phenoxy) is 1. The summed E-state index contributed by atoms with van der Waals surface area (Å²) in [5.74, 6) is 0. The van der Waals surface area contributed by atoms with Crippen LogP contribution in [0.4, 0.5) is 5.69 Å². The quantitative estimate of drug-likeness (QED) is 0.715. The Morgan fingerprint density at radius 3 is 2.79 bits per heavy atom. The largest absolute Gasteiger partial charge is 0.392 e. The zero-order valence-electron chi connectivity index (χ0n) is 11.8. The van der Waals surface area contributed by atoms with Gasteiger partial charge in [-0.05, 0) is 40.5 Å². The number of nitrogens with one attached hydrogen (secondary N) is 1. The van der Waals surface area contributed by atoms with Crippen LogP contribution in [-0.4, -0.2) is 45.1 Å². The van der Waals surface area contributed by atoms with Crippen LogP contribution in [-0.2, 0) is 11.3 Å². The number of aliphatic hydroxyl groups excluding tert-OH is 1. The van der Waals surface area contributed by atoms with Crippen LogP contribution in [0.25, 0.3) is 0 Å². The van der Waals surface area contributed by atoms with Crippen molar-refractivity contribution in [1.29, 1.82) is 0 Å². The minimum atomic E-state index is -0.340. The molecule has 19 heavy (non-hydrogen) atoms. The van der Waals surface area contributed by atoms with Crippen molar-refractivity contribution in [1.82, 2.24) is 5.32 Å². The molecule has 1 unspecified atom stereocenters. The lowest BCUT2D eigenvalue weighted by atomic mass is 10.2. The number of halogens is 1. The van der Waals surface area contributed by atoms with E-state index in [0.717, 1.165) is 29.9 Å². The first kappa shape index (κ1) is 16.4. The van der Waals surface area contributed by atoms with Crippen molar-refractivity contribution in [3.63, 3.8) is 0 Å². The second-order valence-corrected chi connectivity index (χ2v) is 5.54. The summed E-state index contributed by atoms with van der Waals surface area (Å²) in [6.07, 6.45) is -0.340. The maximum Gasteiger partial charge on any atom is 0.0686 e. The summed E-state index contributed by atoms with van der Waals surface area (Å²) in [7, 11) is 3.67. The van der Waals surface area contributed by atoms with Crippen molar-refractivity contribution in [2.75, 3.05) is 38.8 Å². The normalized spacial score (nSPS) is 12.5. The third kappa shape index (κ3) is 5.91. The number of aliphatic hydroxyl groups is 1. The molecule has 0 bridgehead atoms. The van der Waals surface area contributed by atoms with Crippen LogP contribution in [0.3, 0.4) is 0 Å². The highest BCUT2D eigenvalue weighted by atomic mass is 79.9. The van der Waals surface area contributed by atoms with Gasteiger partial charge < -0.3 is 20.1 Å². The first-order chi connectivity index (χ1) is 9.04. The van der Waals surface area contributed by atoms with E-state index in [4.69, 9.17) is 4.74 Å². The molecule has 0 heterocycles. The van der Waals surface area contributed by atoms with Crippen LogP contribution < -0.4 is 10.2 Å². The van der Waals surface area contributed by atoms with Gasteiger partial charge in [-0.2, -0.15) is 0 Å². The van der Waals surface area contributed by atoms with Gasteiger partial charge in [0.05, 0.1) is 18.4 Å². The summed E-state index contributed by atoms with van der Waals surface area (Å²) >= 11 is 3.58. The zero-order chi connectivity index (χ0) is 14.3. The maximum atomic E-state index is 9.42. The van der Waals surface area contributed by atoms with E-state index in [2.05, 4.69) is 39.4 Å². The molecule has 1 aromatic rings. The molecule has 1 aromatic carbocycles. The molecule has 0 amide bonds. The van der Waals surface area contributed by atoms with Crippen molar-refractivity contribution >= 4 is 21.6 Å². The molecule has 1 atom stereocenters. The summed E-state index contributed by atoms with van der Waals surface area (Å²) in [5.41, 5.74) is 2.30. The molecule has 0 aliphatic heterocycles. The molecule has 2 N–H and O–H groups in total. The van der Waals surface area contributed by atoms with Gasteiger partial charge in [-0.1, -0.05) is 6.07 Å². The van der Waals surface area contributed by atoms with E-state index in [1.807, 2.05) is 11.9 Å². The molecule has 0 radical (unpaired) electrons. The van der Waals surface area contributed by atoms with Crippen molar-refractivity contribution in [3.05, 3.63) is 28.2 Å². The molecule has 0 fully saturated rings. The molecule has 0 aromatic heterocycles. The Morgan fingerprint density at radius 2 is 2.21 bits per heavy atom. The minimum absolute atomic E-state index is 0.340. The van der Waals surface area contributed by atoms with Crippen LogP contribution in [0, 0.1) is 0 Å². The number of rotatable bonds is 8. The summed E-state index contributed by atoms with van der Waals surface area (Å²) in [4.78, 5) is 2.04. The number of likely N-dealkylation sites (N-methyl/N-ethyl adjacent to an activating group) is 1. The number of hydrogen-bond donors (Lipinski definition) is 2. The molecule has 0 aliphatic carbocycles. The number of methoxy groups -OCH3 is 1. The minimum Gasteiger partial charge on any atom is -0.392 e. The number of benzene rings is 1. The SMILES string of the molecule is COCCNCc1ccc(N(C)CC(C)O)c(Br)c1. The third-order valence-electron chi connectivity index (χ3n) is 2.77. The van der Waals surface area contributed by atoms with Gasteiger partial charge in [0.2, 0.25) is 0 Å². The van der Waals surface area contributed by atoms with E-state index >= 15 is 0 Å². The van der Waals surface area contributed by atoms with Gasteiger partial charge in [0, 0.05) is 38.3 Å². The summed E-state index contributed by atoms with van der Waals surface area (Å²) in [6.45, 7) is 4.79. The fourth-order valence-corrected chi connectivity index (χ4v) is 2.60. The van der Waals surface area contributed by atoms with Crippen LogP contribution in [0.15, 0.2) is 22.7 Å². The highest BCUT2D eigenvalue weighted by molar-refractivity contribution is 9.10. The van der Waals surface area contributed by atoms with Gasteiger partial charge in [-0.25, -0.2) is 0 Å². The van der Waals surface area contributed by atoms with Crippen LogP contribution in [0.5, 0.6) is 0 Å². The Morgan fingerprint density at radius 1 is 1.47 bits per heavy atom. The first-order valence-corrected chi connectivity index (χ1v) is 7.21. The smallest absolute Gasteiger partial charge is 0.0686 e. The van der Waals surface area contributed by atoms with Crippen LogP contribution in [0.2, 0.25) is 0 Å². The lowest BCUT2D eigenvalue weighted by Crippen LogP contribution is -2.27. The van der Waals surface area contributed by atoms with Gasteiger partial charge in [0.1, 0.15) is 0 Å². The average Bonchev–Trinajstić information content (AvgIpc) is 2.33. The van der Waals surface area contributed by atoms with Crippen molar-refractivity contribution < 1.29 is 9.84 Å². The molecule has 0 aliphatic rings. The number of hydrogen-bond acceptors (Lipinski definition) is 4. The van der Waals surface area contributed by atoms with Gasteiger partial charge in [-0.3, -0.25) is 0 Å². The molecule has 1 rings (SSSR count). The van der Waals surface area contributed by atoms with Gasteiger partial charge in [0.25, 0.3) is 0 Å². The van der Waals surface area contributed by atoms with Crippen molar-refractivity contribution in [2.45, 2.75) is 19.6 Å². The molecular formula is C14H23BrN2O2. The highest BCUT2D eigenvalue weighted by Gasteiger charge is 2.08. The Balaban J connectivity index is 2.58. The van der Waals surface area contributed by atoms with Crippen molar-refractivity contribution in [2.24, 2.45) is 0 Å². The van der Waals surface area contributed by atoms with E-state index in [9.17, 15) is 5.11 Å². The summed E-state index contributed by atoms with van der Waals surface area (Å²) in [5, 5.41) is 12.7. The van der Waals surface area contributed by atoms with Crippen molar-refractivity contribution in [3.8, 4) is 0 Å². The van der Waals surface area contributed by atoms with E-state index in [-0.39, 0.29) is 6.10 Å². The predicted molar refractivity (Wildman–Crippen MR) is 82.7 cm³/mol. The Bertz CT molecular complexity index is 386. The zero-order valence-corrected chi connectivity index (χ0v) is 13.4. The van der Waals surface area contributed by atoms with Crippen LogP contribution in [0.1, 0.15) is 12.5 Å². The van der Waals surface area contributed by atoms with Gasteiger partial charge in [-0.15, -0.1) is 0 Å². The molecule has 0 spiro atoms. The van der Waals surface area contributed by atoms with Gasteiger partial charge in [0.15, 0.2) is 0 Å². The van der Waals surface area contributed by atoms with E-state index in [0.29, 0.717) is 6.54 Å². The molecule has 0 saturated carbocycles. The first-order valence-electron chi connectivity index (χ1n) is 6.42. The molecular weight excluding hydrogens is 308 g/mol. The van der Waals surface area contributed by atoms with E-state index < -0.39 is 0 Å². The topological polar surface area (TPSA) is 44.7 Å². The maximum absolute atomic E-state index is 9.42. The number of anilines is 1. The molecule has 0 saturated heterocycles. The Kier molecular flexibility index (Phi) is 7.38. The van der Waals surface area contributed by atoms with E-state index in [1.54, 1.807) is 14.0 Å². The molecule has 5 heteroatoms. The lowest BCUT2D eigenvalue weighted by Gasteiger charge is -2.22. The Labute approximate surface area is 123 Å². The fraction of sp³-hybridized carbons (Fsp3) is 0.571. The van der Waals surface area contributed by atoms with E-state index in [1.165, 1.54) is 5.56 Å². The molecule has 4 nitrogen and oxygen atoms in total. The summed E-state index contributed by atoms with van der Waals surface area (Å²) < 4.78 is 6.03. The second kappa shape index (κ2) is 8.53. The van der Waals surface area contributed by atoms with Crippen LogP contribution >= 0.6 is 15.9 Å². The molecule has 108 valence electrons. The fourth-order valence-electron chi connectivity index (χ4n) is 1.87. The second-order valence-electron chi connectivity index (χ2n) is 4.68. The summed E-state index contributed by atoms with van der Waals surface area (Å²) in [6, 6.07) is 6.27.